The number of hydrogen-bond donors (Lipinski definition) is 1. The van der Waals surface area contributed by atoms with Gasteiger partial charge in [0.05, 0.1) is 10.5 Å². The first kappa shape index (κ1) is 19.0. The molecule has 0 aromatic heterocycles. The van der Waals surface area contributed by atoms with E-state index in [0.29, 0.717) is 31.1 Å². The van der Waals surface area contributed by atoms with Gasteiger partial charge >= 0.3 is 0 Å². The predicted molar refractivity (Wildman–Crippen MR) is 98.2 cm³/mol. The Balaban J connectivity index is 0.00000220. The van der Waals surface area contributed by atoms with Crippen LogP contribution >= 0.6 is 24.0 Å². The number of guanidine groups is 1. The van der Waals surface area contributed by atoms with Gasteiger partial charge in [0, 0.05) is 25.7 Å². The molecule has 0 aromatic carbocycles. The Morgan fingerprint density at radius 3 is 2.33 bits per heavy atom. The van der Waals surface area contributed by atoms with E-state index in [1.807, 2.05) is 6.92 Å². The minimum absolute atomic E-state index is 0. The van der Waals surface area contributed by atoms with E-state index in [9.17, 15) is 8.42 Å². The third kappa shape index (κ3) is 4.03. The second kappa shape index (κ2) is 6.22. The molecule has 0 bridgehead atoms. The highest BCUT2D eigenvalue weighted by Crippen LogP contribution is 2.44. The van der Waals surface area contributed by atoms with Crippen molar-refractivity contribution < 1.29 is 8.42 Å². The molecule has 2 rings (SSSR count). The maximum atomic E-state index is 12.1. The summed E-state index contributed by atoms with van der Waals surface area (Å²) in [4.78, 5) is 6.64. The third-order valence-electron chi connectivity index (χ3n) is 4.47. The zero-order valence-electron chi connectivity index (χ0n) is 13.6. The molecule has 1 N–H and O–H groups in total. The van der Waals surface area contributed by atoms with Crippen molar-refractivity contribution in [1.29, 1.82) is 0 Å². The number of sulfone groups is 1. The van der Waals surface area contributed by atoms with Gasteiger partial charge in [0.25, 0.3) is 0 Å². The van der Waals surface area contributed by atoms with Crippen LogP contribution in [-0.4, -0.2) is 55.5 Å². The van der Waals surface area contributed by atoms with Gasteiger partial charge in [0.2, 0.25) is 0 Å². The molecule has 7 heteroatoms. The average Bonchev–Trinajstić information content (AvgIpc) is 2.90. The molecule has 0 amide bonds. The largest absolute Gasteiger partial charge is 0.353 e. The summed E-state index contributed by atoms with van der Waals surface area (Å²) in [6.45, 7) is 11.8. The molecule has 124 valence electrons. The highest BCUT2D eigenvalue weighted by molar-refractivity contribution is 14.0. The second-order valence-electron chi connectivity index (χ2n) is 7.19. The number of nitrogens with zero attached hydrogens (tertiary/aromatic N) is 2. The highest BCUT2D eigenvalue weighted by Gasteiger charge is 2.47. The molecular formula is C14H28IN3O2S. The first-order valence-electron chi connectivity index (χ1n) is 7.37. The lowest BCUT2D eigenvalue weighted by Gasteiger charge is -2.39. The molecule has 0 aromatic rings. The molecule has 1 saturated heterocycles. The Kier molecular flexibility index (Phi) is 5.62. The summed E-state index contributed by atoms with van der Waals surface area (Å²) < 4.78 is 23.5. The van der Waals surface area contributed by atoms with Crippen LogP contribution in [0, 0.1) is 5.41 Å². The monoisotopic (exact) mass is 429 g/mol. The first-order chi connectivity index (χ1) is 9.09. The van der Waals surface area contributed by atoms with Gasteiger partial charge in [-0.1, -0.05) is 13.8 Å². The van der Waals surface area contributed by atoms with Crippen LogP contribution in [0.25, 0.3) is 0 Å². The van der Waals surface area contributed by atoms with Crippen molar-refractivity contribution >= 4 is 39.8 Å². The third-order valence-corrected chi connectivity index (χ3v) is 7.00. The van der Waals surface area contributed by atoms with Crippen molar-refractivity contribution in [2.24, 2.45) is 10.4 Å². The fourth-order valence-corrected chi connectivity index (χ4v) is 3.95. The Morgan fingerprint density at radius 1 is 1.33 bits per heavy atom. The van der Waals surface area contributed by atoms with Crippen molar-refractivity contribution in [3.05, 3.63) is 0 Å². The zero-order chi connectivity index (χ0) is 15.2. The van der Waals surface area contributed by atoms with E-state index in [0.717, 1.165) is 12.4 Å². The lowest BCUT2D eigenvalue weighted by Crippen LogP contribution is -2.57. The maximum absolute atomic E-state index is 12.1. The fraction of sp³-hybridized carbons (Fsp3) is 0.929. The molecule has 0 radical (unpaired) electrons. The highest BCUT2D eigenvalue weighted by atomic mass is 127. The van der Waals surface area contributed by atoms with E-state index in [1.165, 1.54) is 0 Å². The summed E-state index contributed by atoms with van der Waals surface area (Å²) in [6.07, 6.45) is 1.14. The van der Waals surface area contributed by atoms with Gasteiger partial charge < -0.3 is 10.2 Å². The Labute approximate surface area is 145 Å². The maximum Gasteiger partial charge on any atom is 0.194 e. The summed E-state index contributed by atoms with van der Waals surface area (Å²) in [7, 11) is -3.00. The van der Waals surface area contributed by atoms with Crippen LogP contribution in [0.1, 0.15) is 41.0 Å². The van der Waals surface area contributed by atoms with Gasteiger partial charge in [-0.15, -0.1) is 24.0 Å². The molecule has 21 heavy (non-hydrogen) atoms. The quantitative estimate of drug-likeness (QED) is 0.414. The van der Waals surface area contributed by atoms with Crippen LogP contribution < -0.4 is 5.32 Å². The molecule has 2 fully saturated rings. The van der Waals surface area contributed by atoms with Crippen LogP contribution in [-0.2, 0) is 9.84 Å². The number of aliphatic imine (C=N–C) groups is 1. The molecular weight excluding hydrogens is 401 g/mol. The topological polar surface area (TPSA) is 61.8 Å². The molecule has 5 nitrogen and oxygen atoms in total. The summed E-state index contributed by atoms with van der Waals surface area (Å²) in [5.74, 6) is 1.07. The Bertz CT molecular complexity index is 514. The lowest BCUT2D eigenvalue weighted by atomic mass is 10.2. The molecule has 1 saturated carbocycles. The predicted octanol–water partition coefficient (Wildman–Crippen LogP) is 1.88. The van der Waals surface area contributed by atoms with E-state index >= 15 is 0 Å². The van der Waals surface area contributed by atoms with Crippen LogP contribution in [0.15, 0.2) is 4.99 Å². The minimum Gasteiger partial charge on any atom is -0.353 e. The molecule has 1 aliphatic heterocycles. The molecule has 1 aliphatic carbocycles. The van der Waals surface area contributed by atoms with E-state index in [-0.39, 0.29) is 29.7 Å². The van der Waals surface area contributed by atoms with E-state index in [1.54, 1.807) is 13.8 Å². The number of hydrogen-bond acceptors (Lipinski definition) is 3. The summed E-state index contributed by atoms with van der Waals surface area (Å²) >= 11 is 0. The van der Waals surface area contributed by atoms with Crippen LogP contribution in [0.4, 0.5) is 0 Å². The van der Waals surface area contributed by atoms with Crippen molar-refractivity contribution in [2.45, 2.75) is 51.8 Å². The summed E-state index contributed by atoms with van der Waals surface area (Å²) in [5, 5.41) is 3.50. The number of rotatable bonds is 2. The number of halogens is 1. The van der Waals surface area contributed by atoms with Crippen LogP contribution in [0.2, 0.25) is 0 Å². The SMILES string of the molecule is CCN=C(NC1CC1(C)C)N1CCS(=O)(=O)C(C)(C)C1.I. The minimum atomic E-state index is -3.00. The summed E-state index contributed by atoms with van der Waals surface area (Å²) in [5.41, 5.74) is 0.325. The van der Waals surface area contributed by atoms with Crippen molar-refractivity contribution in [3.8, 4) is 0 Å². The van der Waals surface area contributed by atoms with E-state index < -0.39 is 14.6 Å². The molecule has 1 atom stereocenters. The molecule has 1 heterocycles. The molecule has 2 aliphatic rings. The molecule has 1 unspecified atom stereocenters. The van der Waals surface area contributed by atoms with Gasteiger partial charge in [-0.3, -0.25) is 4.99 Å². The van der Waals surface area contributed by atoms with E-state index in [2.05, 4.69) is 29.1 Å². The Hall–Kier alpha value is -0.0500. The smallest absolute Gasteiger partial charge is 0.194 e. The summed E-state index contributed by atoms with van der Waals surface area (Å²) in [6, 6.07) is 0.453. The van der Waals surface area contributed by atoms with E-state index in [4.69, 9.17) is 0 Å². The van der Waals surface area contributed by atoms with Gasteiger partial charge in [0.1, 0.15) is 0 Å². The first-order valence-corrected chi connectivity index (χ1v) is 9.02. The van der Waals surface area contributed by atoms with Gasteiger partial charge in [-0.05, 0) is 32.6 Å². The van der Waals surface area contributed by atoms with Gasteiger partial charge in [-0.25, -0.2) is 8.42 Å². The second-order valence-corrected chi connectivity index (χ2v) is 9.93. The van der Waals surface area contributed by atoms with Gasteiger partial charge in [0.15, 0.2) is 15.8 Å². The van der Waals surface area contributed by atoms with Crippen molar-refractivity contribution in [2.75, 3.05) is 25.4 Å². The van der Waals surface area contributed by atoms with Crippen LogP contribution in [0.5, 0.6) is 0 Å². The number of nitrogens with one attached hydrogen (secondary N) is 1. The molecule has 0 spiro atoms. The van der Waals surface area contributed by atoms with Crippen molar-refractivity contribution in [1.82, 2.24) is 10.2 Å². The van der Waals surface area contributed by atoms with Crippen molar-refractivity contribution in [3.63, 3.8) is 0 Å². The Morgan fingerprint density at radius 2 is 1.90 bits per heavy atom. The standard InChI is InChI=1S/C14H27N3O2S.HI/c1-6-15-12(16-11-9-13(11,2)3)17-7-8-20(18,19)14(4,5)10-17;/h11H,6-10H2,1-5H3,(H,15,16);1H. The average molecular weight is 429 g/mol. The fourth-order valence-electron chi connectivity index (χ4n) is 2.58. The normalized spacial score (nSPS) is 29.5. The zero-order valence-corrected chi connectivity index (χ0v) is 16.8. The van der Waals surface area contributed by atoms with Gasteiger partial charge in [-0.2, -0.15) is 0 Å². The lowest BCUT2D eigenvalue weighted by molar-refractivity contribution is 0.350. The van der Waals surface area contributed by atoms with Crippen LogP contribution in [0.3, 0.4) is 0 Å².